The summed E-state index contributed by atoms with van der Waals surface area (Å²) in [4.78, 5) is 5.26. The minimum atomic E-state index is -0.256. The van der Waals surface area contributed by atoms with Gasteiger partial charge in [-0.15, -0.1) is 0 Å². The first-order valence-corrected chi connectivity index (χ1v) is 31.8. The van der Waals surface area contributed by atoms with Gasteiger partial charge in [0.25, 0.3) is 6.71 Å². The van der Waals surface area contributed by atoms with Gasteiger partial charge in [-0.05, 0) is 191 Å². The second kappa shape index (κ2) is 20.8. The minimum Gasteiger partial charge on any atom is -0.311 e. The van der Waals surface area contributed by atoms with E-state index in [0.29, 0.717) is 0 Å². The summed E-state index contributed by atoms with van der Waals surface area (Å²) in [7, 11) is 0. The van der Waals surface area contributed by atoms with E-state index in [1.807, 2.05) is 0 Å². The van der Waals surface area contributed by atoms with Crippen molar-refractivity contribution < 1.29 is 0 Å². The molecule has 3 heterocycles. The van der Waals surface area contributed by atoms with Crippen molar-refractivity contribution in [2.45, 2.75) is 19.3 Å². The van der Waals surface area contributed by atoms with Crippen LogP contribution in [-0.4, -0.2) is 11.3 Å². The van der Waals surface area contributed by atoms with Gasteiger partial charge >= 0.3 is 0 Å². The van der Waals surface area contributed by atoms with Crippen molar-refractivity contribution in [3.05, 3.63) is 339 Å². The molecule has 91 heavy (non-hydrogen) atoms. The number of aromatic nitrogens is 1. The van der Waals surface area contributed by atoms with Crippen molar-refractivity contribution >= 4 is 79.0 Å². The standard InChI is InChI=1S/C87H60BN3/c1-87(2)74-41-22-18-39-70(74)72-53-84-76(55-75(72)87)88-77-56-83-73(71-40-21-25-44-80(71)89(83)67-35-16-7-17-36-67)54-85(77)91(79-43-24-20-38-69(79)66-51-63(59-31-12-5-13-32-59)48-64(52-66)60-33-14-6-15-34-60)82-46-26-45-81(86(82)88)90(84)78-42-23-19-37-68(78)65-49-61(57-27-8-3-9-28-57)47-62(50-65)58-29-10-4-11-30-58/h3-56H,1-2H3. The third-order valence-corrected chi connectivity index (χ3v) is 19.7. The molecule has 426 valence electrons. The van der Waals surface area contributed by atoms with E-state index in [1.54, 1.807) is 0 Å². The maximum Gasteiger partial charge on any atom is 0.252 e. The number of hydrogen-bond acceptors (Lipinski definition) is 2. The van der Waals surface area contributed by atoms with Gasteiger partial charge in [-0.25, -0.2) is 0 Å². The zero-order valence-electron chi connectivity index (χ0n) is 50.6. The molecule has 0 atom stereocenters. The molecule has 0 unspecified atom stereocenters. The van der Waals surface area contributed by atoms with Crippen LogP contribution >= 0.6 is 0 Å². The van der Waals surface area contributed by atoms with E-state index < -0.39 is 0 Å². The van der Waals surface area contributed by atoms with Gasteiger partial charge in [0, 0.05) is 55.8 Å². The summed E-state index contributed by atoms with van der Waals surface area (Å²) in [5.41, 5.74) is 33.3. The monoisotopic (exact) mass is 1160 g/mol. The Balaban J connectivity index is 0.945. The third-order valence-electron chi connectivity index (χ3n) is 19.7. The lowest BCUT2D eigenvalue weighted by atomic mass is 9.33. The van der Waals surface area contributed by atoms with E-state index in [1.165, 1.54) is 116 Å². The first-order valence-electron chi connectivity index (χ1n) is 31.8. The Hall–Kier alpha value is -11.5. The van der Waals surface area contributed by atoms with Gasteiger partial charge in [-0.2, -0.15) is 0 Å². The van der Waals surface area contributed by atoms with Crippen molar-refractivity contribution in [2.24, 2.45) is 0 Å². The molecule has 0 N–H and O–H groups in total. The quantitative estimate of drug-likeness (QED) is 0.133. The van der Waals surface area contributed by atoms with Crippen molar-refractivity contribution in [3.8, 4) is 83.6 Å². The Morgan fingerprint density at radius 3 is 1.19 bits per heavy atom. The number of nitrogens with zero attached hydrogens (tertiary/aromatic N) is 3. The Bertz CT molecular complexity index is 5270. The molecule has 3 aliphatic rings. The Morgan fingerprint density at radius 2 is 0.659 bits per heavy atom. The van der Waals surface area contributed by atoms with Crippen molar-refractivity contribution in [1.82, 2.24) is 4.57 Å². The average molecular weight is 1160 g/mol. The molecule has 0 radical (unpaired) electrons. The molecule has 3 nitrogen and oxygen atoms in total. The maximum atomic E-state index is 2.63. The number of rotatable bonds is 9. The topological polar surface area (TPSA) is 11.4 Å². The van der Waals surface area contributed by atoms with Gasteiger partial charge in [-0.3, -0.25) is 0 Å². The first kappa shape index (κ1) is 52.6. The molecule has 15 aromatic rings. The third kappa shape index (κ3) is 8.37. The molecular weight excluding hydrogens is 1100 g/mol. The van der Waals surface area contributed by atoms with Gasteiger partial charge in [0.2, 0.25) is 0 Å². The van der Waals surface area contributed by atoms with Gasteiger partial charge in [0.1, 0.15) is 0 Å². The van der Waals surface area contributed by atoms with Gasteiger partial charge < -0.3 is 14.4 Å². The van der Waals surface area contributed by atoms with Crippen LogP contribution in [0.5, 0.6) is 0 Å². The fourth-order valence-corrected chi connectivity index (χ4v) is 15.5. The molecule has 0 saturated heterocycles. The predicted molar refractivity (Wildman–Crippen MR) is 385 cm³/mol. The van der Waals surface area contributed by atoms with Crippen LogP contribution in [0.3, 0.4) is 0 Å². The number of para-hydroxylation sites is 4. The molecule has 0 saturated carbocycles. The summed E-state index contributed by atoms with van der Waals surface area (Å²) in [5.74, 6) is 0. The molecule has 0 amide bonds. The average Bonchev–Trinajstić information content (AvgIpc) is 1.66. The lowest BCUT2D eigenvalue weighted by molar-refractivity contribution is 0.661. The molecule has 18 rings (SSSR count). The van der Waals surface area contributed by atoms with Gasteiger partial charge in [0.05, 0.1) is 22.4 Å². The van der Waals surface area contributed by atoms with Crippen LogP contribution in [-0.2, 0) is 5.41 Å². The lowest BCUT2D eigenvalue weighted by Crippen LogP contribution is -2.61. The van der Waals surface area contributed by atoms with E-state index in [0.717, 1.165) is 50.7 Å². The molecule has 1 aromatic heterocycles. The maximum absolute atomic E-state index is 2.63. The normalized spacial score (nSPS) is 13.2. The van der Waals surface area contributed by atoms with Crippen LogP contribution in [0.2, 0.25) is 0 Å². The fourth-order valence-electron chi connectivity index (χ4n) is 15.5. The van der Waals surface area contributed by atoms with Gasteiger partial charge in [0.15, 0.2) is 0 Å². The molecule has 0 fully saturated rings. The highest BCUT2D eigenvalue weighted by Gasteiger charge is 2.47. The second-order valence-electron chi connectivity index (χ2n) is 25.2. The van der Waals surface area contributed by atoms with Gasteiger partial charge in [-0.1, -0.05) is 244 Å². The van der Waals surface area contributed by atoms with E-state index in [-0.39, 0.29) is 12.1 Å². The highest BCUT2D eigenvalue weighted by atomic mass is 15.2. The molecule has 0 bridgehead atoms. The molecule has 4 heteroatoms. The lowest BCUT2D eigenvalue weighted by Gasteiger charge is -2.45. The zero-order chi connectivity index (χ0) is 60.3. The predicted octanol–water partition coefficient (Wildman–Crippen LogP) is 21.2. The van der Waals surface area contributed by atoms with Crippen molar-refractivity contribution in [2.75, 3.05) is 9.80 Å². The smallest absolute Gasteiger partial charge is 0.252 e. The number of fused-ring (bicyclic) bond motifs is 10. The van der Waals surface area contributed by atoms with Crippen molar-refractivity contribution in [1.29, 1.82) is 0 Å². The summed E-state index contributed by atoms with van der Waals surface area (Å²) in [6.45, 7) is 4.68. The molecule has 2 aliphatic heterocycles. The van der Waals surface area contributed by atoms with Crippen LogP contribution in [0.1, 0.15) is 25.0 Å². The molecule has 0 spiro atoms. The summed E-state index contributed by atoms with van der Waals surface area (Å²) in [6, 6.07) is 122. The zero-order valence-corrected chi connectivity index (χ0v) is 50.6. The Kier molecular flexibility index (Phi) is 12.1. The summed E-state index contributed by atoms with van der Waals surface area (Å²) >= 11 is 0. The highest BCUT2D eigenvalue weighted by molar-refractivity contribution is 7.00. The van der Waals surface area contributed by atoms with E-state index >= 15 is 0 Å². The summed E-state index contributed by atoms with van der Waals surface area (Å²) < 4.78 is 2.49. The van der Waals surface area contributed by atoms with E-state index in [4.69, 9.17) is 0 Å². The minimum absolute atomic E-state index is 0.170. The second-order valence-corrected chi connectivity index (χ2v) is 25.2. The fraction of sp³-hybridized carbons (Fsp3) is 0.0345. The summed E-state index contributed by atoms with van der Waals surface area (Å²) in [5, 5.41) is 2.43. The molecule has 14 aromatic carbocycles. The molecular formula is C87H60BN3. The number of hydrogen-bond donors (Lipinski definition) is 0. The van der Waals surface area contributed by atoms with E-state index in [2.05, 4.69) is 356 Å². The Labute approximate surface area is 531 Å². The van der Waals surface area contributed by atoms with Crippen LogP contribution in [0, 0.1) is 0 Å². The highest BCUT2D eigenvalue weighted by Crippen LogP contribution is 2.54. The SMILES string of the molecule is CC1(C)c2ccccc2-c2cc3c(cc21)B1c2cc4c(cc2N(c2ccccc2-c2cc(-c5ccccc5)cc(-c5ccccc5)c2)c2cccc(c21)N3c1ccccc1-c1cc(-c2ccccc2)cc(-c2ccccc2)c1)c1ccccc1n4-c1ccccc1. The first-order chi connectivity index (χ1) is 44.9. The Morgan fingerprint density at radius 1 is 0.253 bits per heavy atom. The summed E-state index contributed by atoms with van der Waals surface area (Å²) in [6.07, 6.45) is 0. The van der Waals surface area contributed by atoms with Crippen LogP contribution in [0.4, 0.5) is 34.1 Å². The number of anilines is 6. The van der Waals surface area contributed by atoms with Crippen LogP contribution in [0.15, 0.2) is 328 Å². The van der Waals surface area contributed by atoms with Crippen LogP contribution < -0.4 is 26.2 Å². The van der Waals surface area contributed by atoms with Crippen molar-refractivity contribution in [3.63, 3.8) is 0 Å². The number of benzene rings is 14. The largest absolute Gasteiger partial charge is 0.311 e. The van der Waals surface area contributed by atoms with Crippen LogP contribution in [0.25, 0.3) is 105 Å². The van der Waals surface area contributed by atoms with E-state index in [9.17, 15) is 0 Å². The molecule has 1 aliphatic carbocycles.